The first-order valence-corrected chi connectivity index (χ1v) is 15.4. The third-order valence-corrected chi connectivity index (χ3v) is 10.5. The Bertz CT molecular complexity index is 1540. The fourth-order valence-corrected chi connectivity index (χ4v) is 7.85. The summed E-state index contributed by atoms with van der Waals surface area (Å²) in [6.07, 6.45) is 4.62. The quantitative estimate of drug-likeness (QED) is 0.290. The van der Waals surface area contributed by atoms with Gasteiger partial charge in [0.05, 0.1) is 28.1 Å². The highest BCUT2D eigenvalue weighted by molar-refractivity contribution is 6.42. The summed E-state index contributed by atoms with van der Waals surface area (Å²) in [4.78, 5) is 34.4. The molecule has 1 amide bonds. The number of amides is 1. The summed E-state index contributed by atoms with van der Waals surface area (Å²) in [7, 11) is 0. The number of benzene rings is 2. The Hall–Kier alpha value is -2.53. The second-order valence-corrected chi connectivity index (χ2v) is 13.2. The Morgan fingerprint density at radius 2 is 1.83 bits per heavy atom. The van der Waals surface area contributed by atoms with Crippen molar-refractivity contribution < 1.29 is 24.0 Å². The smallest absolute Gasteiger partial charge is 0.226 e. The Labute approximate surface area is 254 Å². The fourth-order valence-electron chi connectivity index (χ4n) is 7.55. The highest BCUT2D eigenvalue weighted by atomic mass is 35.5. The van der Waals surface area contributed by atoms with Gasteiger partial charge in [-0.15, -0.1) is 0 Å². The van der Waals surface area contributed by atoms with E-state index in [2.05, 4.69) is 34.4 Å². The summed E-state index contributed by atoms with van der Waals surface area (Å²) in [6, 6.07) is 10.8. The molecule has 222 valence electrons. The van der Waals surface area contributed by atoms with Crippen molar-refractivity contribution in [3.63, 3.8) is 0 Å². The molecule has 3 aromatic rings. The van der Waals surface area contributed by atoms with E-state index in [1.165, 1.54) is 6.33 Å². The number of nitrogens with one attached hydrogen (secondary N) is 2. The van der Waals surface area contributed by atoms with Crippen LogP contribution in [0.3, 0.4) is 0 Å². The molecule has 1 spiro atoms. The molecule has 5 heterocycles. The molecule has 0 unspecified atom stereocenters. The van der Waals surface area contributed by atoms with Gasteiger partial charge in [0.1, 0.15) is 12.1 Å². The van der Waals surface area contributed by atoms with Crippen molar-refractivity contribution in [1.82, 2.24) is 9.97 Å². The molecule has 11 heteroatoms. The van der Waals surface area contributed by atoms with Gasteiger partial charge >= 0.3 is 0 Å². The standard InChI is InChI=1S/C31H34Cl2N4O5/c1-16-4-7-22-17(2)26(39-29-31(22)21(16)10-11-30(3,40-29)41-42-31)14-27(38)36-18-6-9-25-20(12-18)28(35-15-34-25)37-19-5-8-23(32)24(33)13-19/h5-6,8-9,12-13,15-17,21-22,26,29H,4,7,10-11,14H2,1-3H3,(H,36,38)(H,34,35,37)/t16-,17-,21+,22+,26-,29-,30-,31-/m1/s1. The molecule has 2 aromatic carbocycles. The van der Waals surface area contributed by atoms with E-state index in [-0.39, 0.29) is 36.2 Å². The van der Waals surface area contributed by atoms with Crippen molar-refractivity contribution in [2.45, 2.75) is 76.7 Å². The van der Waals surface area contributed by atoms with Crippen LogP contribution in [0.15, 0.2) is 42.7 Å². The first-order valence-electron chi connectivity index (χ1n) is 14.6. The number of fused-ring (bicyclic) bond motifs is 3. The van der Waals surface area contributed by atoms with Crippen LogP contribution in [-0.4, -0.2) is 39.7 Å². The summed E-state index contributed by atoms with van der Waals surface area (Å²) < 4.78 is 13.0. The predicted molar refractivity (Wildman–Crippen MR) is 159 cm³/mol. The van der Waals surface area contributed by atoms with Crippen LogP contribution < -0.4 is 10.6 Å². The minimum atomic E-state index is -0.846. The van der Waals surface area contributed by atoms with Gasteiger partial charge in [0.25, 0.3) is 0 Å². The van der Waals surface area contributed by atoms with E-state index in [1.54, 1.807) is 12.1 Å². The van der Waals surface area contributed by atoms with E-state index < -0.39 is 17.7 Å². The zero-order valence-electron chi connectivity index (χ0n) is 23.7. The van der Waals surface area contributed by atoms with Crippen molar-refractivity contribution in [3.05, 3.63) is 52.8 Å². The second kappa shape index (κ2) is 10.6. The molecule has 5 fully saturated rings. The largest absolute Gasteiger partial charge is 0.345 e. The van der Waals surface area contributed by atoms with Gasteiger partial charge in [0.2, 0.25) is 11.7 Å². The number of hydrogen-bond acceptors (Lipinski definition) is 8. The summed E-state index contributed by atoms with van der Waals surface area (Å²) in [5, 5.41) is 7.99. The minimum Gasteiger partial charge on any atom is -0.345 e. The van der Waals surface area contributed by atoms with E-state index in [4.69, 9.17) is 42.5 Å². The molecular weight excluding hydrogens is 579 g/mol. The molecule has 8 atom stereocenters. The van der Waals surface area contributed by atoms with Gasteiger partial charge in [-0.25, -0.2) is 19.7 Å². The van der Waals surface area contributed by atoms with Crippen LogP contribution in [0, 0.1) is 23.7 Å². The predicted octanol–water partition coefficient (Wildman–Crippen LogP) is 7.26. The lowest BCUT2D eigenvalue weighted by atomic mass is 9.57. The lowest BCUT2D eigenvalue weighted by Crippen LogP contribution is -2.70. The number of aromatic nitrogens is 2. The van der Waals surface area contributed by atoms with Crippen molar-refractivity contribution in [1.29, 1.82) is 0 Å². The molecular formula is C31H34Cl2N4O5. The number of nitrogens with zero attached hydrogens (tertiary/aromatic N) is 2. The third-order valence-electron chi connectivity index (χ3n) is 9.78. The van der Waals surface area contributed by atoms with Gasteiger partial charge in [0.15, 0.2) is 11.9 Å². The number of hydrogen-bond donors (Lipinski definition) is 2. The normalized spacial score (nSPS) is 35.4. The van der Waals surface area contributed by atoms with Crippen molar-refractivity contribution >= 4 is 57.2 Å². The van der Waals surface area contributed by atoms with Crippen LogP contribution >= 0.6 is 23.2 Å². The van der Waals surface area contributed by atoms with E-state index in [0.717, 1.165) is 42.3 Å². The zero-order valence-corrected chi connectivity index (χ0v) is 25.2. The van der Waals surface area contributed by atoms with Crippen molar-refractivity contribution in [2.75, 3.05) is 10.6 Å². The van der Waals surface area contributed by atoms with Gasteiger partial charge < -0.3 is 20.1 Å². The zero-order chi connectivity index (χ0) is 29.2. The van der Waals surface area contributed by atoms with Gasteiger partial charge in [-0.1, -0.05) is 37.0 Å². The maximum absolute atomic E-state index is 13.4. The van der Waals surface area contributed by atoms with E-state index in [0.29, 0.717) is 27.5 Å². The van der Waals surface area contributed by atoms with Crippen LogP contribution in [0.25, 0.3) is 10.9 Å². The highest BCUT2D eigenvalue weighted by Gasteiger charge is 2.69. The van der Waals surface area contributed by atoms with E-state index in [1.807, 2.05) is 31.2 Å². The maximum Gasteiger partial charge on any atom is 0.226 e. The summed E-state index contributed by atoms with van der Waals surface area (Å²) in [5.74, 6) is 0.632. The van der Waals surface area contributed by atoms with Crippen LogP contribution in [0.4, 0.5) is 17.2 Å². The molecule has 9 nitrogen and oxygen atoms in total. The van der Waals surface area contributed by atoms with E-state index >= 15 is 0 Å². The number of anilines is 3. The third kappa shape index (κ3) is 4.75. The summed E-state index contributed by atoms with van der Waals surface area (Å²) >= 11 is 12.3. The minimum absolute atomic E-state index is 0.0867. The van der Waals surface area contributed by atoms with Gasteiger partial charge in [-0.2, -0.15) is 0 Å². The van der Waals surface area contributed by atoms with Crippen molar-refractivity contribution in [3.8, 4) is 0 Å². The Morgan fingerprint density at radius 1 is 1.00 bits per heavy atom. The molecule has 1 aromatic heterocycles. The van der Waals surface area contributed by atoms with Crippen molar-refractivity contribution in [2.24, 2.45) is 23.7 Å². The van der Waals surface area contributed by atoms with E-state index in [9.17, 15) is 4.79 Å². The van der Waals surface area contributed by atoms with Gasteiger partial charge in [-0.3, -0.25) is 4.79 Å². The molecule has 1 saturated carbocycles. The molecule has 4 aliphatic heterocycles. The molecule has 0 radical (unpaired) electrons. The van der Waals surface area contributed by atoms with Gasteiger partial charge in [-0.05, 0) is 80.3 Å². The SMILES string of the molecule is C[C@H]1[C@@H](CC(=O)Nc2ccc3ncnc(Nc4ccc(Cl)c(Cl)c4)c3c2)O[C@@H]2O[C@@]3(C)CC[C@H]4[C@H](C)CC[C@@H]1[C@@]24OO3. The van der Waals surface area contributed by atoms with Gasteiger partial charge in [0, 0.05) is 29.1 Å². The molecule has 8 rings (SSSR count). The number of ether oxygens (including phenoxy) is 2. The topological polar surface area (TPSA) is 104 Å². The Morgan fingerprint density at radius 3 is 2.67 bits per heavy atom. The van der Waals surface area contributed by atoms with Crippen LogP contribution in [-0.2, 0) is 24.0 Å². The fraction of sp³-hybridized carbons (Fsp3) is 0.516. The molecule has 4 saturated heterocycles. The monoisotopic (exact) mass is 612 g/mol. The Kier molecular flexibility index (Phi) is 7.11. The second-order valence-electron chi connectivity index (χ2n) is 12.4. The lowest BCUT2D eigenvalue weighted by molar-refractivity contribution is -0.570. The number of carbonyl (C=O) groups excluding carboxylic acids is 1. The lowest BCUT2D eigenvalue weighted by Gasteiger charge is -2.60. The molecule has 42 heavy (non-hydrogen) atoms. The number of rotatable bonds is 5. The molecule has 2 N–H and O–H groups in total. The first-order chi connectivity index (χ1) is 20.1. The Balaban J connectivity index is 1.10. The maximum atomic E-state index is 13.4. The molecule has 2 bridgehead atoms. The van der Waals surface area contributed by atoms with Crippen LogP contribution in [0.2, 0.25) is 10.0 Å². The van der Waals surface area contributed by atoms with Crippen LogP contribution in [0.1, 0.15) is 52.9 Å². The average Bonchev–Trinajstić information content (AvgIpc) is 3.19. The first kappa shape index (κ1) is 28.3. The molecule has 1 aliphatic carbocycles. The molecule has 5 aliphatic rings. The summed E-state index contributed by atoms with van der Waals surface area (Å²) in [5.41, 5.74) is 1.46. The van der Waals surface area contributed by atoms with Crippen LogP contribution in [0.5, 0.6) is 0 Å². The highest BCUT2D eigenvalue weighted by Crippen LogP contribution is 2.60. The average molecular weight is 614 g/mol. The number of carbonyl (C=O) groups is 1. The summed E-state index contributed by atoms with van der Waals surface area (Å²) in [6.45, 7) is 6.37. The number of halogens is 2.